The molecule has 0 saturated carbocycles. The number of carbonyl (C=O) groups is 2. The first-order chi connectivity index (χ1) is 11.3. The highest BCUT2D eigenvalue weighted by Crippen LogP contribution is 2.19. The molecule has 134 valence electrons. The van der Waals surface area contributed by atoms with Crippen LogP contribution in [0.25, 0.3) is 0 Å². The Balaban J connectivity index is 1.83. The number of carbonyl (C=O) groups excluding carboxylic acids is 1. The minimum Gasteiger partial charge on any atom is -0.481 e. The van der Waals surface area contributed by atoms with Gasteiger partial charge in [0, 0.05) is 24.8 Å². The van der Waals surface area contributed by atoms with E-state index in [0.717, 1.165) is 0 Å². The maximum Gasteiger partial charge on any atom is 0.305 e. The lowest BCUT2D eigenvalue weighted by molar-refractivity contribution is -0.146. The topological polar surface area (TPSA) is 106 Å². The fraction of sp³-hybridized carbons (Fsp3) is 0.750. The van der Waals surface area contributed by atoms with Crippen molar-refractivity contribution < 1.29 is 24.0 Å². The smallest absolute Gasteiger partial charge is 0.305 e. The molecule has 0 aliphatic carbocycles. The summed E-state index contributed by atoms with van der Waals surface area (Å²) in [4.78, 5) is 29.2. The van der Waals surface area contributed by atoms with Crippen LogP contribution in [0.4, 0.5) is 0 Å². The maximum atomic E-state index is 12.4. The van der Waals surface area contributed by atoms with E-state index < -0.39 is 5.97 Å². The predicted molar refractivity (Wildman–Crippen MR) is 84.5 cm³/mol. The summed E-state index contributed by atoms with van der Waals surface area (Å²) in [5.41, 5.74) is -0.171. The van der Waals surface area contributed by atoms with Crippen molar-refractivity contribution in [3.8, 4) is 0 Å². The Hall–Kier alpha value is -1.96. The summed E-state index contributed by atoms with van der Waals surface area (Å²) in [6.07, 6.45) is 1.35. The summed E-state index contributed by atoms with van der Waals surface area (Å²) in [5.74, 6) is 0.194. The predicted octanol–water partition coefficient (Wildman–Crippen LogP) is 1.39. The Morgan fingerprint density at radius 3 is 2.75 bits per heavy atom. The highest BCUT2D eigenvalue weighted by Gasteiger charge is 2.29. The Bertz CT molecular complexity index is 579. The van der Waals surface area contributed by atoms with Gasteiger partial charge in [-0.3, -0.25) is 9.59 Å². The fourth-order valence-corrected chi connectivity index (χ4v) is 2.55. The highest BCUT2D eigenvalue weighted by atomic mass is 16.5. The van der Waals surface area contributed by atoms with Crippen molar-refractivity contribution in [3.63, 3.8) is 0 Å². The van der Waals surface area contributed by atoms with Crippen LogP contribution in [0.1, 0.15) is 51.7 Å². The fourth-order valence-electron chi connectivity index (χ4n) is 2.55. The number of carboxylic acid groups (broad SMARTS) is 1. The van der Waals surface area contributed by atoms with Gasteiger partial charge in [-0.2, -0.15) is 4.98 Å². The number of ether oxygens (including phenoxy) is 1. The highest BCUT2D eigenvalue weighted by molar-refractivity contribution is 5.77. The number of aromatic nitrogens is 2. The average Bonchev–Trinajstić information content (AvgIpc) is 2.96. The number of hydrogen-bond donors (Lipinski definition) is 1. The van der Waals surface area contributed by atoms with Gasteiger partial charge in [-0.25, -0.2) is 0 Å². The zero-order valence-electron chi connectivity index (χ0n) is 14.4. The van der Waals surface area contributed by atoms with Crippen LogP contribution in [0.5, 0.6) is 0 Å². The van der Waals surface area contributed by atoms with Crippen LogP contribution in [-0.4, -0.2) is 57.8 Å². The number of aryl methyl sites for hydroxylation is 1. The summed E-state index contributed by atoms with van der Waals surface area (Å²) in [6, 6.07) is -0.389. The molecule has 8 heteroatoms. The van der Waals surface area contributed by atoms with E-state index in [1.165, 1.54) is 0 Å². The first-order valence-corrected chi connectivity index (χ1v) is 8.19. The largest absolute Gasteiger partial charge is 0.481 e. The molecule has 0 aromatic carbocycles. The van der Waals surface area contributed by atoms with Crippen molar-refractivity contribution in [1.29, 1.82) is 0 Å². The third kappa shape index (κ3) is 5.02. The molecule has 1 unspecified atom stereocenters. The Morgan fingerprint density at radius 2 is 2.12 bits per heavy atom. The van der Waals surface area contributed by atoms with E-state index in [1.807, 2.05) is 20.8 Å². The van der Waals surface area contributed by atoms with Crippen molar-refractivity contribution in [1.82, 2.24) is 15.0 Å². The van der Waals surface area contributed by atoms with Crippen LogP contribution in [0, 0.1) is 0 Å². The lowest BCUT2D eigenvalue weighted by Crippen LogP contribution is -2.49. The Morgan fingerprint density at radius 1 is 1.38 bits per heavy atom. The molecule has 1 fully saturated rings. The molecule has 1 aromatic heterocycles. The minimum atomic E-state index is -0.927. The quantitative estimate of drug-likeness (QED) is 0.834. The van der Waals surface area contributed by atoms with Crippen molar-refractivity contribution >= 4 is 11.9 Å². The van der Waals surface area contributed by atoms with Gasteiger partial charge in [-0.1, -0.05) is 25.9 Å². The number of aliphatic carboxylic acids is 1. The first-order valence-electron chi connectivity index (χ1n) is 8.19. The van der Waals surface area contributed by atoms with E-state index in [9.17, 15) is 9.59 Å². The van der Waals surface area contributed by atoms with Gasteiger partial charge in [0.2, 0.25) is 11.8 Å². The van der Waals surface area contributed by atoms with E-state index >= 15 is 0 Å². The summed E-state index contributed by atoms with van der Waals surface area (Å²) in [5, 5.41) is 12.9. The first kappa shape index (κ1) is 18.4. The third-order valence-corrected chi connectivity index (χ3v) is 3.88. The zero-order chi connectivity index (χ0) is 17.7. The van der Waals surface area contributed by atoms with Crippen LogP contribution in [0.3, 0.4) is 0 Å². The number of hydrogen-bond acceptors (Lipinski definition) is 6. The second-order valence-electron chi connectivity index (χ2n) is 7.03. The molecule has 8 nitrogen and oxygen atoms in total. The molecule has 2 heterocycles. The number of nitrogens with zero attached hydrogens (tertiary/aromatic N) is 3. The van der Waals surface area contributed by atoms with Crippen LogP contribution in [0.15, 0.2) is 4.52 Å². The van der Waals surface area contributed by atoms with Gasteiger partial charge in [0.1, 0.15) is 0 Å². The maximum absolute atomic E-state index is 12.4. The molecule has 0 radical (unpaired) electrons. The van der Waals surface area contributed by atoms with Gasteiger partial charge < -0.3 is 19.3 Å². The molecule has 2 rings (SSSR count). The molecule has 1 amide bonds. The molecule has 1 saturated heterocycles. The lowest BCUT2D eigenvalue weighted by atomic mass is 9.96. The Labute approximate surface area is 141 Å². The molecule has 1 N–H and O–H groups in total. The number of amides is 1. The average molecular weight is 339 g/mol. The Kier molecular flexibility index (Phi) is 5.93. The van der Waals surface area contributed by atoms with Crippen LogP contribution < -0.4 is 0 Å². The second kappa shape index (κ2) is 7.74. The number of carboxylic acids is 1. The number of rotatable bonds is 6. The monoisotopic (exact) mass is 339 g/mol. The van der Waals surface area contributed by atoms with Gasteiger partial charge in [0.05, 0.1) is 25.7 Å². The SMILES string of the molecule is CC(C)(C)c1noc(CCCC(=O)N2CCOCC2CC(=O)O)n1. The summed E-state index contributed by atoms with van der Waals surface area (Å²) < 4.78 is 10.5. The van der Waals surface area contributed by atoms with Gasteiger partial charge in [0.25, 0.3) is 0 Å². The van der Waals surface area contributed by atoms with E-state index in [4.69, 9.17) is 14.4 Å². The van der Waals surface area contributed by atoms with E-state index in [1.54, 1.807) is 4.90 Å². The second-order valence-corrected chi connectivity index (χ2v) is 7.03. The standard InChI is InChI=1S/C16H25N3O5/c1-16(2,3)15-17-12(24-18-15)5-4-6-13(20)19-7-8-23-10-11(19)9-14(21)22/h11H,4-10H2,1-3H3,(H,21,22). The van der Waals surface area contributed by atoms with Crippen molar-refractivity contribution in [2.24, 2.45) is 0 Å². The summed E-state index contributed by atoms with van der Waals surface area (Å²) >= 11 is 0. The lowest BCUT2D eigenvalue weighted by Gasteiger charge is -2.34. The van der Waals surface area contributed by atoms with Crippen LogP contribution in [0.2, 0.25) is 0 Å². The third-order valence-electron chi connectivity index (χ3n) is 3.88. The summed E-state index contributed by atoms with van der Waals surface area (Å²) in [6.45, 7) is 7.17. The molecule has 1 aromatic rings. The molecule has 24 heavy (non-hydrogen) atoms. The normalized spacial score (nSPS) is 18.6. The van der Waals surface area contributed by atoms with Gasteiger partial charge in [-0.15, -0.1) is 0 Å². The van der Waals surface area contributed by atoms with Gasteiger partial charge >= 0.3 is 5.97 Å². The van der Waals surface area contributed by atoms with Crippen LogP contribution >= 0.6 is 0 Å². The molecule has 0 bridgehead atoms. The van der Waals surface area contributed by atoms with E-state index in [-0.39, 0.29) is 30.4 Å². The van der Waals surface area contributed by atoms with Crippen LogP contribution in [-0.2, 0) is 26.2 Å². The molecular formula is C16H25N3O5. The van der Waals surface area contributed by atoms with Gasteiger partial charge in [0.15, 0.2) is 5.82 Å². The van der Waals surface area contributed by atoms with Gasteiger partial charge in [-0.05, 0) is 6.42 Å². The molecular weight excluding hydrogens is 314 g/mol. The summed E-state index contributed by atoms with van der Waals surface area (Å²) in [7, 11) is 0. The van der Waals surface area contributed by atoms with E-state index in [2.05, 4.69) is 10.1 Å². The van der Waals surface area contributed by atoms with Crippen molar-refractivity contribution in [2.75, 3.05) is 19.8 Å². The molecule has 1 atom stereocenters. The van der Waals surface area contributed by atoms with E-state index in [0.29, 0.717) is 44.1 Å². The zero-order valence-corrected chi connectivity index (χ0v) is 14.4. The minimum absolute atomic E-state index is 0.0555. The molecule has 1 aliphatic rings. The molecule has 0 spiro atoms. The van der Waals surface area contributed by atoms with Crippen molar-refractivity contribution in [3.05, 3.63) is 11.7 Å². The molecule has 1 aliphatic heterocycles. The van der Waals surface area contributed by atoms with Crippen molar-refractivity contribution in [2.45, 2.75) is 57.9 Å². The number of morpholine rings is 1.